The molecule has 0 unspecified atom stereocenters. The highest BCUT2D eigenvalue weighted by Gasteiger charge is 2.35. The number of aliphatic hydroxyl groups excluding tert-OH is 1. The van der Waals surface area contributed by atoms with Crippen molar-refractivity contribution >= 4 is 28.6 Å². The summed E-state index contributed by atoms with van der Waals surface area (Å²) in [6.45, 7) is 8.77. The summed E-state index contributed by atoms with van der Waals surface area (Å²) in [5.41, 5.74) is 9.91. The average molecular weight is 423 g/mol. The van der Waals surface area contributed by atoms with Gasteiger partial charge in [-0.25, -0.2) is 0 Å². The number of nitrogens with zero attached hydrogens (tertiary/aromatic N) is 2. The minimum Gasteiger partial charge on any atom is -0.396 e. The molecule has 1 fully saturated rings. The van der Waals surface area contributed by atoms with E-state index in [0.29, 0.717) is 52.6 Å². The number of ketones is 2. The quantitative estimate of drug-likeness (QED) is 0.524. The fourth-order valence-corrected chi connectivity index (χ4v) is 4.37. The van der Waals surface area contributed by atoms with Crippen molar-refractivity contribution in [2.24, 2.45) is 5.92 Å². The molecule has 4 N–H and O–H groups in total. The van der Waals surface area contributed by atoms with Gasteiger partial charge in [-0.2, -0.15) is 0 Å². The van der Waals surface area contributed by atoms with E-state index in [-0.39, 0.29) is 18.2 Å². The Balaban J connectivity index is 1.79. The third kappa shape index (κ3) is 3.91. The molecule has 4 rings (SSSR count). The zero-order chi connectivity index (χ0) is 22.1. The van der Waals surface area contributed by atoms with E-state index in [0.717, 1.165) is 31.9 Å². The number of piperazine rings is 1. The van der Waals surface area contributed by atoms with Crippen LogP contribution in [0.25, 0.3) is 0 Å². The maximum atomic E-state index is 13.4. The van der Waals surface area contributed by atoms with E-state index in [1.54, 1.807) is 24.3 Å². The van der Waals surface area contributed by atoms with Crippen LogP contribution < -0.4 is 16.0 Å². The number of nitrogen functional groups attached to an aromatic ring is 1. The van der Waals surface area contributed by atoms with Gasteiger partial charge in [0.15, 0.2) is 11.6 Å². The van der Waals surface area contributed by atoms with Crippen molar-refractivity contribution in [3.05, 3.63) is 52.6 Å². The Kier molecular flexibility index (Phi) is 5.98. The monoisotopic (exact) mass is 422 g/mol. The smallest absolute Gasteiger partial charge is 0.196 e. The molecule has 0 aromatic heterocycles. The molecule has 0 amide bonds. The van der Waals surface area contributed by atoms with E-state index in [2.05, 4.69) is 29.0 Å². The lowest BCUT2D eigenvalue weighted by atomic mass is 9.81. The average Bonchev–Trinajstić information content (AvgIpc) is 2.77. The van der Waals surface area contributed by atoms with Gasteiger partial charge in [0, 0.05) is 56.1 Å². The van der Waals surface area contributed by atoms with Crippen LogP contribution >= 0.6 is 0 Å². The van der Waals surface area contributed by atoms with Crippen molar-refractivity contribution in [3.63, 3.8) is 0 Å². The molecule has 1 aliphatic carbocycles. The number of hydrogen-bond acceptors (Lipinski definition) is 7. The number of rotatable bonds is 6. The molecular weight excluding hydrogens is 392 g/mol. The molecule has 2 aromatic rings. The van der Waals surface area contributed by atoms with Gasteiger partial charge in [0.2, 0.25) is 0 Å². The molecule has 2 aromatic carbocycles. The number of nitrogens with one attached hydrogen (secondary N) is 1. The zero-order valence-electron chi connectivity index (χ0n) is 18.1. The van der Waals surface area contributed by atoms with Gasteiger partial charge in [-0.1, -0.05) is 38.1 Å². The Labute approximate surface area is 182 Å². The number of aliphatic hydroxyl groups is 1. The molecular formula is C24H30N4O3. The molecule has 0 bridgehead atoms. The van der Waals surface area contributed by atoms with Gasteiger partial charge in [0.05, 0.1) is 29.1 Å². The summed E-state index contributed by atoms with van der Waals surface area (Å²) in [6, 6.07) is 8.87. The first kappa shape index (κ1) is 21.3. The summed E-state index contributed by atoms with van der Waals surface area (Å²) in [6.07, 6.45) is 0. The van der Waals surface area contributed by atoms with Crippen LogP contribution in [-0.4, -0.2) is 67.4 Å². The molecule has 7 heteroatoms. The van der Waals surface area contributed by atoms with E-state index >= 15 is 0 Å². The fraction of sp³-hybridized carbons (Fsp3) is 0.417. The minimum atomic E-state index is -0.198. The maximum Gasteiger partial charge on any atom is 0.196 e. The van der Waals surface area contributed by atoms with Crippen molar-refractivity contribution in [1.82, 2.24) is 4.90 Å². The highest BCUT2D eigenvalue weighted by atomic mass is 16.3. The topological polar surface area (TPSA) is 98.9 Å². The predicted octanol–water partition coefficient (Wildman–Crippen LogP) is 2.23. The van der Waals surface area contributed by atoms with Crippen LogP contribution in [0.5, 0.6) is 0 Å². The molecule has 1 saturated heterocycles. The number of carbonyl (C=O) groups excluding carboxylic acids is 2. The van der Waals surface area contributed by atoms with Crippen LogP contribution in [-0.2, 0) is 0 Å². The minimum absolute atomic E-state index is 0.139. The van der Waals surface area contributed by atoms with E-state index in [1.165, 1.54) is 0 Å². The van der Waals surface area contributed by atoms with Gasteiger partial charge >= 0.3 is 0 Å². The fourth-order valence-electron chi connectivity index (χ4n) is 4.37. The van der Waals surface area contributed by atoms with E-state index in [9.17, 15) is 14.7 Å². The van der Waals surface area contributed by atoms with Gasteiger partial charge in [0.25, 0.3) is 0 Å². The Morgan fingerprint density at radius 1 is 1.03 bits per heavy atom. The van der Waals surface area contributed by atoms with Crippen molar-refractivity contribution < 1.29 is 14.7 Å². The first-order chi connectivity index (χ1) is 14.9. The highest BCUT2D eigenvalue weighted by molar-refractivity contribution is 6.32. The van der Waals surface area contributed by atoms with Gasteiger partial charge < -0.3 is 21.1 Å². The standard InChI is InChI=1S/C24H30N4O3/c1-15(2)14-26-18-13-19(28-9-7-27(8-10-28)11-12-29)22(25)21-20(18)23(30)16-5-3-4-6-17(16)24(21)31/h3-6,13,15,26,29H,7-12,14,25H2,1-2H3. The first-order valence-electron chi connectivity index (χ1n) is 10.9. The summed E-state index contributed by atoms with van der Waals surface area (Å²) in [5.74, 6) is 0.0129. The second-order valence-electron chi connectivity index (χ2n) is 8.64. The molecule has 0 radical (unpaired) electrons. The Hall–Kier alpha value is -2.90. The summed E-state index contributed by atoms with van der Waals surface area (Å²) < 4.78 is 0. The second-order valence-corrected chi connectivity index (χ2v) is 8.64. The lowest BCUT2D eigenvalue weighted by Crippen LogP contribution is -2.47. The lowest BCUT2D eigenvalue weighted by molar-refractivity contribution is 0.0980. The molecule has 0 atom stereocenters. The molecule has 1 aliphatic heterocycles. The molecule has 164 valence electrons. The third-order valence-corrected chi connectivity index (χ3v) is 6.05. The van der Waals surface area contributed by atoms with Crippen LogP contribution in [0.2, 0.25) is 0 Å². The van der Waals surface area contributed by atoms with E-state index in [1.807, 2.05) is 6.07 Å². The Morgan fingerprint density at radius 2 is 1.65 bits per heavy atom. The summed E-state index contributed by atoms with van der Waals surface area (Å²) >= 11 is 0. The molecule has 7 nitrogen and oxygen atoms in total. The molecule has 0 spiro atoms. The molecule has 1 heterocycles. The Morgan fingerprint density at radius 3 is 2.23 bits per heavy atom. The molecule has 0 saturated carbocycles. The number of benzene rings is 2. The van der Waals surface area contributed by atoms with Gasteiger partial charge in [-0.15, -0.1) is 0 Å². The zero-order valence-corrected chi connectivity index (χ0v) is 18.1. The number of β-amino-alcohol motifs (C(OH)–C–C–N with tert-alkyl or cyclic N) is 1. The molecule has 31 heavy (non-hydrogen) atoms. The number of hydrogen-bond donors (Lipinski definition) is 3. The van der Waals surface area contributed by atoms with Crippen LogP contribution in [0.3, 0.4) is 0 Å². The van der Waals surface area contributed by atoms with Gasteiger partial charge in [0.1, 0.15) is 0 Å². The third-order valence-electron chi connectivity index (χ3n) is 6.05. The van der Waals surface area contributed by atoms with E-state index < -0.39 is 0 Å². The summed E-state index contributed by atoms with van der Waals surface area (Å²) in [7, 11) is 0. The molecule has 2 aliphatic rings. The number of fused-ring (bicyclic) bond motifs is 2. The summed E-state index contributed by atoms with van der Waals surface area (Å²) in [5, 5.41) is 12.6. The van der Waals surface area contributed by atoms with Crippen molar-refractivity contribution in [1.29, 1.82) is 0 Å². The van der Waals surface area contributed by atoms with E-state index in [4.69, 9.17) is 5.73 Å². The van der Waals surface area contributed by atoms with Crippen LogP contribution in [0, 0.1) is 5.92 Å². The first-order valence-corrected chi connectivity index (χ1v) is 10.9. The number of carbonyl (C=O) groups is 2. The maximum absolute atomic E-state index is 13.4. The highest BCUT2D eigenvalue weighted by Crippen LogP contribution is 2.41. The van der Waals surface area contributed by atoms with Gasteiger partial charge in [-0.05, 0) is 12.0 Å². The van der Waals surface area contributed by atoms with Gasteiger partial charge in [-0.3, -0.25) is 14.5 Å². The van der Waals surface area contributed by atoms with Crippen LogP contribution in [0.4, 0.5) is 17.1 Å². The normalized spacial score (nSPS) is 16.5. The lowest BCUT2D eigenvalue weighted by Gasteiger charge is -2.37. The van der Waals surface area contributed by atoms with Crippen molar-refractivity contribution in [2.75, 3.05) is 61.8 Å². The largest absolute Gasteiger partial charge is 0.396 e. The van der Waals surface area contributed by atoms with Crippen molar-refractivity contribution in [3.8, 4) is 0 Å². The SMILES string of the molecule is CC(C)CNc1cc(N2CCN(CCO)CC2)c(N)c2c1C(=O)c1ccccc1C2=O. The van der Waals surface area contributed by atoms with Crippen LogP contribution in [0.15, 0.2) is 30.3 Å². The van der Waals surface area contributed by atoms with Crippen molar-refractivity contribution in [2.45, 2.75) is 13.8 Å². The van der Waals surface area contributed by atoms with Crippen LogP contribution in [0.1, 0.15) is 45.7 Å². The predicted molar refractivity (Wildman–Crippen MR) is 123 cm³/mol. The number of nitrogens with two attached hydrogens (primary N) is 1. The number of anilines is 3. The second kappa shape index (κ2) is 8.69. The Bertz CT molecular complexity index is 1010. The summed E-state index contributed by atoms with van der Waals surface area (Å²) in [4.78, 5) is 31.2.